The van der Waals surface area contributed by atoms with Crippen molar-refractivity contribution in [1.29, 1.82) is 0 Å². The fraction of sp³-hybridized carbons (Fsp3) is 0.353. The molecule has 0 saturated carbocycles. The third-order valence-electron chi connectivity index (χ3n) is 3.45. The molecule has 2 aromatic rings. The van der Waals surface area contributed by atoms with Gasteiger partial charge < -0.3 is 5.32 Å². The number of nitrogens with zero attached hydrogens (tertiary/aromatic N) is 2. The Labute approximate surface area is 150 Å². The Hall–Kier alpha value is -1.79. The van der Waals surface area contributed by atoms with Gasteiger partial charge in [-0.15, -0.1) is 0 Å². The van der Waals surface area contributed by atoms with Crippen molar-refractivity contribution in [3.05, 3.63) is 41.7 Å². The Morgan fingerprint density at radius 2 is 2.12 bits per heavy atom. The minimum absolute atomic E-state index is 0.0382. The van der Waals surface area contributed by atoms with Gasteiger partial charge in [-0.05, 0) is 31.0 Å². The van der Waals surface area contributed by atoms with E-state index in [0.717, 1.165) is 5.69 Å². The summed E-state index contributed by atoms with van der Waals surface area (Å²) in [5.41, 5.74) is 0.881. The first-order valence-corrected chi connectivity index (χ1v) is 8.96. The van der Waals surface area contributed by atoms with Crippen LogP contribution in [0.4, 0.5) is 0 Å². The van der Waals surface area contributed by atoms with Crippen LogP contribution in [0, 0.1) is 5.92 Å². The molecule has 1 aromatic heterocycles. The van der Waals surface area contributed by atoms with Crippen molar-refractivity contribution in [2.75, 3.05) is 5.75 Å². The zero-order valence-corrected chi connectivity index (χ0v) is 15.4. The molecule has 1 N–H and O–H groups in total. The van der Waals surface area contributed by atoms with Crippen molar-refractivity contribution in [1.82, 2.24) is 14.9 Å². The number of carbonyl (C=O) groups is 2. The minimum atomic E-state index is -0.453. The number of Topliss-reactive ketones (excluding diaryl/α,β-unsaturated/α-hetero) is 1. The van der Waals surface area contributed by atoms with Crippen LogP contribution in [0.1, 0.15) is 20.8 Å². The number of nitrogens with one attached hydrogen (secondary N) is 1. The van der Waals surface area contributed by atoms with E-state index in [2.05, 4.69) is 10.3 Å². The van der Waals surface area contributed by atoms with Crippen molar-refractivity contribution in [3.8, 4) is 5.69 Å². The van der Waals surface area contributed by atoms with E-state index in [4.69, 9.17) is 11.6 Å². The maximum Gasteiger partial charge on any atom is 0.231 e. The largest absolute Gasteiger partial charge is 0.345 e. The highest BCUT2D eigenvalue weighted by Crippen LogP contribution is 2.22. The normalized spacial score (nSPS) is 12.2. The third-order valence-corrected chi connectivity index (χ3v) is 4.65. The summed E-state index contributed by atoms with van der Waals surface area (Å²) in [7, 11) is 0. The molecule has 1 heterocycles. The van der Waals surface area contributed by atoms with Gasteiger partial charge in [0.05, 0.1) is 11.8 Å². The van der Waals surface area contributed by atoms with Crippen LogP contribution in [0.25, 0.3) is 5.69 Å². The molecule has 0 fully saturated rings. The van der Waals surface area contributed by atoms with E-state index in [1.54, 1.807) is 12.3 Å². The molecule has 0 aliphatic rings. The van der Waals surface area contributed by atoms with Crippen molar-refractivity contribution in [3.63, 3.8) is 0 Å². The van der Waals surface area contributed by atoms with Crippen LogP contribution >= 0.6 is 23.4 Å². The van der Waals surface area contributed by atoms with Crippen LogP contribution in [0.15, 0.2) is 41.8 Å². The van der Waals surface area contributed by atoms with Gasteiger partial charge in [-0.2, -0.15) is 0 Å². The minimum Gasteiger partial charge on any atom is -0.345 e. The number of hydrogen-bond donors (Lipinski definition) is 1. The lowest BCUT2D eigenvalue weighted by atomic mass is 10.0. The number of amides is 1. The van der Waals surface area contributed by atoms with Gasteiger partial charge >= 0.3 is 0 Å². The number of hydrogen-bond acceptors (Lipinski definition) is 4. The summed E-state index contributed by atoms with van der Waals surface area (Å²) in [5.74, 6) is 0.0249. The Kier molecular flexibility index (Phi) is 6.45. The third kappa shape index (κ3) is 4.85. The number of halogens is 1. The Balaban J connectivity index is 2.02. The zero-order chi connectivity index (χ0) is 17.7. The number of carbonyl (C=O) groups excluding carboxylic acids is 2. The molecule has 5 nitrogen and oxygen atoms in total. The van der Waals surface area contributed by atoms with Crippen molar-refractivity contribution in [2.24, 2.45) is 5.92 Å². The first kappa shape index (κ1) is 18.5. The second-order valence-electron chi connectivity index (χ2n) is 5.75. The van der Waals surface area contributed by atoms with Gasteiger partial charge in [-0.25, -0.2) is 4.98 Å². The molecular weight excluding hydrogens is 346 g/mol. The fourth-order valence-electron chi connectivity index (χ4n) is 2.30. The quantitative estimate of drug-likeness (QED) is 0.764. The summed E-state index contributed by atoms with van der Waals surface area (Å²) < 4.78 is 1.87. The molecule has 7 heteroatoms. The smallest absolute Gasteiger partial charge is 0.231 e. The second kappa shape index (κ2) is 8.35. The number of ketones is 1. The molecule has 0 spiro atoms. The van der Waals surface area contributed by atoms with Gasteiger partial charge in [0.1, 0.15) is 0 Å². The maximum atomic E-state index is 12.1. The molecule has 1 atom stereocenters. The predicted molar refractivity (Wildman–Crippen MR) is 96.7 cm³/mol. The van der Waals surface area contributed by atoms with Crippen LogP contribution in [-0.4, -0.2) is 33.0 Å². The first-order chi connectivity index (χ1) is 11.4. The highest BCUT2D eigenvalue weighted by molar-refractivity contribution is 7.99. The molecule has 1 amide bonds. The highest BCUT2D eigenvalue weighted by Gasteiger charge is 2.20. The second-order valence-corrected chi connectivity index (χ2v) is 7.13. The van der Waals surface area contributed by atoms with Crippen LogP contribution < -0.4 is 5.32 Å². The van der Waals surface area contributed by atoms with Gasteiger partial charge in [-0.3, -0.25) is 14.2 Å². The number of thioether (sulfide) groups is 1. The molecule has 0 aliphatic carbocycles. The van der Waals surface area contributed by atoms with Gasteiger partial charge in [0.15, 0.2) is 10.9 Å². The van der Waals surface area contributed by atoms with Crippen LogP contribution in [0.3, 0.4) is 0 Å². The number of imidazole rings is 1. The van der Waals surface area contributed by atoms with E-state index in [0.29, 0.717) is 10.2 Å². The number of aromatic nitrogens is 2. The molecule has 128 valence electrons. The summed E-state index contributed by atoms with van der Waals surface area (Å²) in [6.45, 7) is 5.31. The van der Waals surface area contributed by atoms with Gasteiger partial charge in [0.2, 0.25) is 5.91 Å². The monoisotopic (exact) mass is 365 g/mol. The van der Waals surface area contributed by atoms with Gasteiger partial charge in [0.25, 0.3) is 0 Å². The Bertz CT molecular complexity index is 730. The molecular formula is C17H20ClN3O2S. The van der Waals surface area contributed by atoms with Gasteiger partial charge in [-0.1, -0.05) is 43.3 Å². The van der Waals surface area contributed by atoms with E-state index >= 15 is 0 Å². The summed E-state index contributed by atoms with van der Waals surface area (Å²) in [5, 5.41) is 4.11. The Morgan fingerprint density at radius 1 is 1.38 bits per heavy atom. The van der Waals surface area contributed by atoms with Crippen LogP contribution in [0.2, 0.25) is 5.02 Å². The molecule has 0 aliphatic heterocycles. The predicted octanol–water partition coefficient (Wildman–Crippen LogP) is 3.35. The van der Waals surface area contributed by atoms with E-state index < -0.39 is 6.04 Å². The zero-order valence-electron chi connectivity index (χ0n) is 13.8. The molecule has 24 heavy (non-hydrogen) atoms. The maximum absolute atomic E-state index is 12.1. The SMILES string of the molecule is CC(=O)C(NC(=O)CSc1nccn1-c1cccc(Cl)c1)C(C)C. The topological polar surface area (TPSA) is 64.0 Å². The van der Waals surface area contributed by atoms with Crippen molar-refractivity contribution < 1.29 is 9.59 Å². The van der Waals surface area contributed by atoms with Crippen molar-refractivity contribution in [2.45, 2.75) is 32.0 Å². The first-order valence-electron chi connectivity index (χ1n) is 7.60. The molecule has 1 aromatic carbocycles. The van der Waals surface area contributed by atoms with Crippen molar-refractivity contribution >= 4 is 35.1 Å². The fourth-order valence-corrected chi connectivity index (χ4v) is 3.27. The summed E-state index contributed by atoms with van der Waals surface area (Å²) in [6.07, 6.45) is 3.49. The molecule has 0 bridgehead atoms. The molecule has 0 radical (unpaired) electrons. The van der Waals surface area contributed by atoms with E-state index in [1.807, 2.05) is 42.8 Å². The van der Waals surface area contributed by atoms with E-state index in [-0.39, 0.29) is 23.4 Å². The van der Waals surface area contributed by atoms with Crippen LogP contribution in [-0.2, 0) is 9.59 Å². The Morgan fingerprint density at radius 3 is 2.75 bits per heavy atom. The molecule has 2 rings (SSSR count). The highest BCUT2D eigenvalue weighted by atomic mass is 35.5. The lowest BCUT2D eigenvalue weighted by molar-refractivity contribution is -0.126. The van der Waals surface area contributed by atoms with Gasteiger partial charge in [0, 0.05) is 23.1 Å². The molecule has 0 saturated heterocycles. The summed E-state index contributed by atoms with van der Waals surface area (Å²) in [4.78, 5) is 28.0. The average Bonchev–Trinajstić information content (AvgIpc) is 2.98. The summed E-state index contributed by atoms with van der Waals surface area (Å²) >= 11 is 7.33. The summed E-state index contributed by atoms with van der Waals surface area (Å²) in [6, 6.07) is 6.96. The molecule has 1 unspecified atom stereocenters. The average molecular weight is 366 g/mol. The van der Waals surface area contributed by atoms with Crippen LogP contribution in [0.5, 0.6) is 0 Å². The number of benzene rings is 1. The van der Waals surface area contributed by atoms with E-state index in [1.165, 1.54) is 18.7 Å². The number of rotatable bonds is 7. The lowest BCUT2D eigenvalue weighted by Gasteiger charge is -2.19. The standard InChI is InChI=1S/C17H20ClN3O2S/c1-11(2)16(12(3)22)20-15(23)10-24-17-19-7-8-21(17)14-6-4-5-13(18)9-14/h4-9,11,16H,10H2,1-3H3,(H,20,23). The van der Waals surface area contributed by atoms with E-state index in [9.17, 15) is 9.59 Å². The lowest BCUT2D eigenvalue weighted by Crippen LogP contribution is -2.44.